The number of nitrogens with zero attached hydrogens (tertiary/aromatic N) is 4. The molecule has 2 atom stereocenters. The van der Waals surface area contributed by atoms with Crippen molar-refractivity contribution in [2.45, 2.75) is 89.3 Å². The first-order valence-electron chi connectivity index (χ1n) is 22.6. The average Bonchev–Trinajstić information content (AvgIpc) is 4.13. The molecule has 1 saturated heterocycles. The van der Waals surface area contributed by atoms with E-state index in [1.807, 2.05) is 61.2 Å². The van der Waals surface area contributed by atoms with Crippen LogP contribution in [0.3, 0.4) is 0 Å². The fourth-order valence-electron chi connectivity index (χ4n) is 8.20. The molecule has 4 amide bonds. The van der Waals surface area contributed by atoms with Crippen molar-refractivity contribution < 1.29 is 33.1 Å². The number of carbonyl (C=O) groups is 5. The summed E-state index contributed by atoms with van der Waals surface area (Å²) in [6.07, 6.45) is 8.70. The average molecular weight is 936 g/mol. The number of hydrazone groups is 1. The van der Waals surface area contributed by atoms with Crippen LogP contribution >= 0.6 is 21.6 Å². The predicted molar refractivity (Wildman–Crippen MR) is 259 cm³/mol. The third-order valence-corrected chi connectivity index (χ3v) is 15.2. The summed E-state index contributed by atoms with van der Waals surface area (Å²) in [6, 6.07) is 21.5. The monoisotopic (exact) mass is 935 g/mol. The molecule has 16 heteroatoms. The highest BCUT2D eigenvalue weighted by molar-refractivity contribution is 8.77. The van der Waals surface area contributed by atoms with E-state index in [9.17, 15) is 28.4 Å². The molecule has 3 N–H and O–H groups in total. The van der Waals surface area contributed by atoms with Gasteiger partial charge in [0.05, 0.1) is 12.3 Å². The quantitative estimate of drug-likeness (QED) is 0.0449. The van der Waals surface area contributed by atoms with E-state index in [1.165, 1.54) is 6.07 Å². The van der Waals surface area contributed by atoms with Gasteiger partial charge in [0, 0.05) is 109 Å². The summed E-state index contributed by atoms with van der Waals surface area (Å²) in [4.78, 5) is 71.2. The van der Waals surface area contributed by atoms with Crippen LogP contribution in [0.25, 0.3) is 0 Å². The number of halogens is 1. The number of aryl methyl sites for hydroxylation is 1. The molecule has 7 rings (SSSR count). The summed E-state index contributed by atoms with van der Waals surface area (Å²) < 4.78 is 20.5. The largest absolute Gasteiger partial charge is 0.494 e. The van der Waals surface area contributed by atoms with Crippen molar-refractivity contribution in [2.24, 2.45) is 11.0 Å². The number of ketones is 1. The normalized spacial score (nSPS) is 17.4. The van der Waals surface area contributed by atoms with Crippen LogP contribution < -0.4 is 25.7 Å². The van der Waals surface area contributed by atoms with Crippen LogP contribution in [0.5, 0.6) is 5.75 Å². The van der Waals surface area contributed by atoms with Gasteiger partial charge in [0.15, 0.2) is 0 Å². The maximum atomic E-state index is 15.0. The second kappa shape index (κ2) is 22.6. The minimum atomic E-state index is -0.518. The van der Waals surface area contributed by atoms with Gasteiger partial charge in [-0.2, -0.15) is 5.10 Å². The number of rotatable bonds is 20. The van der Waals surface area contributed by atoms with Crippen molar-refractivity contribution >= 4 is 68.1 Å². The molecular formula is C50H58FN7O6S2. The third kappa shape index (κ3) is 13.7. The minimum absolute atomic E-state index is 0.00746. The molecule has 0 radical (unpaired) electrons. The number of anilines is 2. The topological polar surface area (TPSA) is 162 Å². The molecule has 4 aromatic rings. The second-order valence-electron chi connectivity index (χ2n) is 17.6. The zero-order valence-corrected chi connectivity index (χ0v) is 39.4. The Morgan fingerprint density at radius 3 is 2.50 bits per heavy atom. The van der Waals surface area contributed by atoms with Crippen molar-refractivity contribution in [1.82, 2.24) is 20.6 Å². The Morgan fingerprint density at radius 2 is 1.76 bits per heavy atom. The Labute approximate surface area is 393 Å². The van der Waals surface area contributed by atoms with Gasteiger partial charge in [-0.15, -0.1) is 0 Å². The van der Waals surface area contributed by atoms with Gasteiger partial charge in [0.1, 0.15) is 17.3 Å². The van der Waals surface area contributed by atoms with Crippen molar-refractivity contribution in [2.75, 3.05) is 48.8 Å². The number of amides is 4. The maximum absolute atomic E-state index is 15.0. The molecule has 0 bridgehead atoms. The third-order valence-electron chi connectivity index (χ3n) is 11.9. The molecule has 1 aliphatic heterocycles. The summed E-state index contributed by atoms with van der Waals surface area (Å²) >= 11 is 0. The highest BCUT2D eigenvalue weighted by atomic mass is 33.1. The molecule has 3 aliphatic rings. The predicted octanol–water partition coefficient (Wildman–Crippen LogP) is 8.09. The van der Waals surface area contributed by atoms with Crippen molar-refractivity contribution in [1.29, 1.82) is 0 Å². The molecular weight excluding hydrogens is 878 g/mol. The van der Waals surface area contributed by atoms with E-state index in [2.05, 4.69) is 31.0 Å². The van der Waals surface area contributed by atoms with Crippen LogP contribution in [0.1, 0.15) is 104 Å². The number of ether oxygens (including phenoxy) is 1. The van der Waals surface area contributed by atoms with Crippen molar-refractivity contribution in [3.05, 3.63) is 119 Å². The van der Waals surface area contributed by atoms with E-state index in [4.69, 9.17) is 4.74 Å². The molecule has 2 unspecified atom stereocenters. The number of nitrogens with one attached hydrogen (secondary N) is 3. The molecule has 13 nitrogen and oxygen atoms in total. The number of pyridine rings is 1. The number of piperazine rings is 1. The van der Waals surface area contributed by atoms with Crippen LogP contribution in [-0.4, -0.2) is 88.3 Å². The number of carbonyl (C=O) groups excluding carboxylic acids is 5. The molecule has 348 valence electrons. The molecule has 2 aliphatic carbocycles. The number of aromatic nitrogens is 1. The molecule has 66 heavy (non-hydrogen) atoms. The highest BCUT2D eigenvalue weighted by Gasteiger charge is 2.44. The standard InChI is InChI=1S/C50H58FN7O6S2/c1-33(59)7-6-25-64-40-17-18-41-35(27-40)8-4-10-45(41)55-56-46(60)30-50(2,3)66-65-26-19-47(61)58-23-21-57(22-24-58)39-15-12-34(13-16-39)48(62)53-32-37-11-14-38(28-44(37)51)54-49(63)43-29-42(43)36-9-5-20-52-31-36/h5,9,11-18,20,27-28,31,42-43H,4,6-8,10,19,21-26,29-30,32H2,1-3H3,(H,53,62)(H,54,63)(H,56,60)/b55-45+. The van der Waals surface area contributed by atoms with Crippen LogP contribution in [0.15, 0.2) is 90.3 Å². The van der Waals surface area contributed by atoms with E-state index in [1.54, 1.807) is 65.2 Å². The summed E-state index contributed by atoms with van der Waals surface area (Å²) in [7, 11) is 3.20. The van der Waals surface area contributed by atoms with Crippen molar-refractivity contribution in [3.8, 4) is 5.75 Å². The van der Waals surface area contributed by atoms with Crippen molar-refractivity contribution in [3.63, 3.8) is 0 Å². The molecule has 1 aromatic heterocycles. The summed E-state index contributed by atoms with van der Waals surface area (Å²) in [5.74, 6) is 0.463. The van der Waals surface area contributed by atoms with Gasteiger partial charge in [0.25, 0.3) is 5.91 Å². The lowest BCUT2D eigenvalue weighted by Gasteiger charge is -2.36. The van der Waals surface area contributed by atoms with Gasteiger partial charge in [-0.25, -0.2) is 9.82 Å². The minimum Gasteiger partial charge on any atom is -0.494 e. The van der Waals surface area contributed by atoms with Gasteiger partial charge >= 0.3 is 0 Å². The Morgan fingerprint density at radius 1 is 0.955 bits per heavy atom. The second-order valence-corrected chi connectivity index (χ2v) is 20.8. The lowest BCUT2D eigenvalue weighted by Crippen LogP contribution is -2.48. The zero-order valence-electron chi connectivity index (χ0n) is 37.8. The van der Waals surface area contributed by atoms with Crippen LogP contribution in [0.2, 0.25) is 0 Å². The fourth-order valence-corrected chi connectivity index (χ4v) is 10.7. The first kappa shape index (κ1) is 48.2. The SMILES string of the molecule is CC(=O)CCCOc1ccc2c(c1)CCC/C2=N\NC(=O)CC(C)(C)SSCCC(=O)N1CCN(c2ccc(C(=O)NCc3ccc(NC(=O)C4CC4c4cccnc4)cc3F)cc2)CC1. The van der Waals surface area contributed by atoms with Gasteiger partial charge in [-0.1, -0.05) is 33.7 Å². The molecule has 3 aromatic carbocycles. The van der Waals surface area contributed by atoms with Gasteiger partial charge in [0.2, 0.25) is 17.7 Å². The number of fused-ring (bicyclic) bond motifs is 1. The van der Waals surface area contributed by atoms with Gasteiger partial charge in [-0.3, -0.25) is 24.2 Å². The molecule has 2 fully saturated rings. The summed E-state index contributed by atoms with van der Waals surface area (Å²) in [5.41, 5.74) is 8.89. The first-order valence-corrected chi connectivity index (χ1v) is 25.0. The van der Waals surface area contributed by atoms with Crippen LogP contribution in [0, 0.1) is 11.7 Å². The number of hydrogen-bond acceptors (Lipinski definition) is 11. The van der Waals surface area contributed by atoms with E-state index >= 15 is 0 Å². The Kier molecular flexibility index (Phi) is 16.5. The fraction of sp³-hybridized carbons (Fsp3) is 0.420. The number of hydrogen-bond donors (Lipinski definition) is 3. The summed E-state index contributed by atoms with van der Waals surface area (Å²) in [6.45, 7) is 8.62. The van der Waals surface area contributed by atoms with Gasteiger partial charge in [-0.05, 0) is 131 Å². The Balaban J connectivity index is 0.768. The smallest absolute Gasteiger partial charge is 0.251 e. The lowest BCUT2D eigenvalue weighted by molar-refractivity contribution is -0.131. The highest BCUT2D eigenvalue weighted by Crippen LogP contribution is 2.47. The Bertz CT molecular complexity index is 2410. The zero-order chi connectivity index (χ0) is 46.6. The van der Waals surface area contributed by atoms with E-state index in [0.29, 0.717) is 74.6 Å². The maximum Gasteiger partial charge on any atom is 0.251 e. The number of benzene rings is 3. The lowest BCUT2D eigenvalue weighted by atomic mass is 9.90. The molecule has 0 spiro atoms. The van der Waals surface area contributed by atoms with E-state index in [-0.39, 0.29) is 59.0 Å². The van der Waals surface area contributed by atoms with Crippen LogP contribution in [-0.2, 0) is 32.1 Å². The van der Waals surface area contributed by atoms with E-state index in [0.717, 1.165) is 59.5 Å². The molecule has 1 saturated carbocycles. The summed E-state index contributed by atoms with van der Waals surface area (Å²) in [5, 5.41) is 10.1. The first-order chi connectivity index (χ1) is 31.8. The van der Waals surface area contributed by atoms with Crippen LogP contribution in [0.4, 0.5) is 15.8 Å². The Hall–Kier alpha value is -5.74. The number of Topliss-reactive ketones (excluding diaryl/α,β-unsaturated/α-hetero) is 1. The van der Waals surface area contributed by atoms with Gasteiger partial charge < -0.3 is 30.0 Å². The molecule has 2 heterocycles. The van der Waals surface area contributed by atoms with E-state index < -0.39 is 5.82 Å².